The van der Waals surface area contributed by atoms with Crippen LogP contribution < -0.4 is 0 Å². The molecule has 2 fully saturated rings. The van der Waals surface area contributed by atoms with Crippen molar-refractivity contribution in [3.8, 4) is 0 Å². The summed E-state index contributed by atoms with van der Waals surface area (Å²) in [5.41, 5.74) is 0. The van der Waals surface area contributed by atoms with Crippen LogP contribution in [0, 0.1) is 5.92 Å². The maximum atomic E-state index is 12.0. The van der Waals surface area contributed by atoms with E-state index in [4.69, 9.17) is 0 Å². The second-order valence-electron chi connectivity index (χ2n) is 5.02. The molecule has 3 unspecified atom stereocenters. The van der Waals surface area contributed by atoms with E-state index in [2.05, 4.69) is 0 Å². The predicted octanol–water partition coefficient (Wildman–Crippen LogP) is -0.0802. The van der Waals surface area contributed by atoms with Gasteiger partial charge in [-0.15, -0.1) is 0 Å². The number of fused-ring (bicyclic) bond motifs is 2. The molecule has 3 atom stereocenters. The Balaban J connectivity index is 2.02. The molecule has 2 aliphatic rings. The number of hydrogen-bond acceptors (Lipinski definition) is 3. The largest absolute Gasteiger partial charge is 0.396 e. The molecule has 15 heavy (non-hydrogen) atoms. The Morgan fingerprint density at radius 3 is 2.73 bits per heavy atom. The minimum atomic E-state index is 0.225. The van der Waals surface area contributed by atoms with Gasteiger partial charge in [-0.25, -0.2) is 0 Å². The summed E-state index contributed by atoms with van der Waals surface area (Å²) >= 11 is 0. The highest BCUT2D eigenvalue weighted by molar-refractivity contribution is 5.79. The van der Waals surface area contributed by atoms with E-state index in [0.29, 0.717) is 24.5 Å². The minimum Gasteiger partial charge on any atom is -0.396 e. The molecule has 0 aromatic heterocycles. The van der Waals surface area contributed by atoms with Crippen LogP contribution in [0.5, 0.6) is 0 Å². The molecule has 86 valence electrons. The first kappa shape index (κ1) is 10.9. The van der Waals surface area contributed by atoms with Crippen molar-refractivity contribution in [3.63, 3.8) is 0 Å². The Bertz CT molecular complexity index is 255. The summed E-state index contributed by atoms with van der Waals surface area (Å²) in [6.45, 7) is 0.720. The van der Waals surface area contributed by atoms with E-state index in [1.165, 1.54) is 0 Å². The third kappa shape index (κ3) is 1.88. The van der Waals surface area contributed by atoms with Gasteiger partial charge in [-0.3, -0.25) is 4.79 Å². The third-order valence-electron chi connectivity index (χ3n) is 3.64. The fourth-order valence-electron chi connectivity index (χ4n) is 3.05. The number of nitrogens with zero attached hydrogens (tertiary/aromatic N) is 2. The Labute approximate surface area is 90.9 Å². The normalized spacial score (nSPS) is 34.1. The molecule has 1 amide bonds. The van der Waals surface area contributed by atoms with Crippen molar-refractivity contribution < 1.29 is 9.90 Å². The molecule has 2 bridgehead atoms. The highest BCUT2D eigenvalue weighted by atomic mass is 16.3. The van der Waals surface area contributed by atoms with E-state index in [9.17, 15) is 9.90 Å². The highest BCUT2D eigenvalue weighted by Gasteiger charge is 2.47. The average Bonchev–Trinajstić information content (AvgIpc) is 2.72. The van der Waals surface area contributed by atoms with Crippen LogP contribution in [-0.2, 0) is 4.79 Å². The molecule has 0 radical (unpaired) electrons. The van der Waals surface area contributed by atoms with E-state index in [-0.39, 0.29) is 12.5 Å². The van der Waals surface area contributed by atoms with Crippen LogP contribution in [0.25, 0.3) is 0 Å². The van der Waals surface area contributed by atoms with E-state index >= 15 is 0 Å². The molecule has 4 nitrogen and oxygen atoms in total. The van der Waals surface area contributed by atoms with E-state index in [1.807, 2.05) is 23.9 Å². The summed E-state index contributed by atoms with van der Waals surface area (Å²) in [6.07, 6.45) is 3.20. The van der Waals surface area contributed by atoms with Gasteiger partial charge in [-0.1, -0.05) is 0 Å². The molecular formula is C11H20N2O2. The number of aliphatic hydroxyl groups excluding tert-OH is 1. The van der Waals surface area contributed by atoms with Crippen molar-refractivity contribution in [1.29, 1.82) is 0 Å². The van der Waals surface area contributed by atoms with Gasteiger partial charge in [0.2, 0.25) is 5.91 Å². The summed E-state index contributed by atoms with van der Waals surface area (Å²) < 4.78 is 0. The molecule has 1 N–H and O–H groups in total. The minimum absolute atomic E-state index is 0.225. The van der Waals surface area contributed by atoms with Gasteiger partial charge < -0.3 is 14.9 Å². The monoisotopic (exact) mass is 212 g/mol. The topological polar surface area (TPSA) is 43.8 Å². The maximum Gasteiger partial charge on any atom is 0.237 e. The van der Waals surface area contributed by atoms with Crippen molar-refractivity contribution in [1.82, 2.24) is 9.80 Å². The lowest BCUT2D eigenvalue weighted by molar-refractivity contribution is -0.133. The smallest absolute Gasteiger partial charge is 0.237 e. The Morgan fingerprint density at radius 1 is 1.47 bits per heavy atom. The fraction of sp³-hybridized carbons (Fsp3) is 0.909. The van der Waals surface area contributed by atoms with Crippen LogP contribution in [0.2, 0.25) is 0 Å². The molecule has 0 spiro atoms. The SMILES string of the molecule is CN(C)CC(=O)N1C2CCC1C(CO)C2. The van der Waals surface area contributed by atoms with Gasteiger partial charge in [-0.05, 0) is 33.4 Å². The maximum absolute atomic E-state index is 12.0. The second kappa shape index (κ2) is 4.10. The van der Waals surface area contributed by atoms with Gasteiger partial charge in [0.1, 0.15) is 0 Å². The zero-order valence-electron chi connectivity index (χ0n) is 9.52. The lowest BCUT2D eigenvalue weighted by Crippen LogP contribution is -2.41. The Kier molecular flexibility index (Phi) is 2.98. The van der Waals surface area contributed by atoms with Crippen molar-refractivity contribution in [2.75, 3.05) is 27.2 Å². The average molecular weight is 212 g/mol. The number of rotatable bonds is 3. The fourth-order valence-corrected chi connectivity index (χ4v) is 3.05. The molecule has 0 aliphatic carbocycles. The molecular weight excluding hydrogens is 192 g/mol. The number of hydrogen-bond donors (Lipinski definition) is 1. The van der Waals surface area contributed by atoms with Crippen LogP contribution in [-0.4, -0.2) is 60.1 Å². The standard InChI is InChI=1S/C11H20N2O2/c1-12(2)6-11(15)13-9-3-4-10(13)8(5-9)7-14/h8-10,14H,3-7H2,1-2H3. The number of carbonyl (C=O) groups is 1. The van der Waals surface area contributed by atoms with E-state index < -0.39 is 0 Å². The summed E-state index contributed by atoms with van der Waals surface area (Å²) in [4.78, 5) is 15.9. The number of likely N-dealkylation sites (N-methyl/N-ethyl adjacent to an activating group) is 1. The number of carbonyl (C=O) groups excluding carboxylic acids is 1. The summed E-state index contributed by atoms with van der Waals surface area (Å²) in [5.74, 6) is 0.554. The van der Waals surface area contributed by atoms with Crippen molar-refractivity contribution in [2.45, 2.75) is 31.3 Å². The molecule has 2 rings (SSSR count). The number of aliphatic hydroxyl groups is 1. The predicted molar refractivity (Wildman–Crippen MR) is 57.4 cm³/mol. The summed E-state index contributed by atoms with van der Waals surface area (Å²) in [5, 5.41) is 9.22. The Hall–Kier alpha value is -0.610. The molecule has 2 heterocycles. The quantitative estimate of drug-likeness (QED) is 0.711. The summed E-state index contributed by atoms with van der Waals surface area (Å²) in [6, 6.07) is 0.715. The molecule has 2 saturated heterocycles. The second-order valence-corrected chi connectivity index (χ2v) is 5.02. The van der Waals surface area contributed by atoms with Crippen molar-refractivity contribution in [2.24, 2.45) is 5.92 Å². The third-order valence-corrected chi connectivity index (χ3v) is 3.64. The van der Waals surface area contributed by atoms with Crippen molar-refractivity contribution in [3.05, 3.63) is 0 Å². The highest BCUT2D eigenvalue weighted by Crippen LogP contribution is 2.41. The molecule has 0 saturated carbocycles. The van der Waals surface area contributed by atoms with Crippen LogP contribution in [0.1, 0.15) is 19.3 Å². The number of amides is 1. The summed E-state index contributed by atoms with van der Waals surface area (Å²) in [7, 11) is 3.83. The van der Waals surface area contributed by atoms with Crippen LogP contribution in [0.15, 0.2) is 0 Å². The molecule has 0 aromatic carbocycles. The van der Waals surface area contributed by atoms with Crippen LogP contribution >= 0.6 is 0 Å². The first-order valence-corrected chi connectivity index (χ1v) is 5.70. The first-order chi connectivity index (χ1) is 7.13. The molecule has 0 aromatic rings. The van der Waals surface area contributed by atoms with E-state index in [1.54, 1.807) is 0 Å². The first-order valence-electron chi connectivity index (χ1n) is 5.70. The zero-order valence-corrected chi connectivity index (χ0v) is 9.52. The van der Waals surface area contributed by atoms with Gasteiger partial charge in [-0.2, -0.15) is 0 Å². The molecule has 4 heteroatoms. The molecule has 2 aliphatic heterocycles. The van der Waals surface area contributed by atoms with E-state index in [0.717, 1.165) is 19.3 Å². The lowest BCUT2D eigenvalue weighted by atomic mass is 9.90. The van der Waals surface area contributed by atoms with Gasteiger partial charge in [0.15, 0.2) is 0 Å². The van der Waals surface area contributed by atoms with Crippen LogP contribution in [0.3, 0.4) is 0 Å². The van der Waals surface area contributed by atoms with Crippen molar-refractivity contribution >= 4 is 5.91 Å². The van der Waals surface area contributed by atoms with Gasteiger partial charge in [0, 0.05) is 24.6 Å². The Morgan fingerprint density at radius 2 is 2.20 bits per heavy atom. The van der Waals surface area contributed by atoms with Gasteiger partial charge >= 0.3 is 0 Å². The lowest BCUT2D eigenvalue weighted by Gasteiger charge is -2.25. The van der Waals surface area contributed by atoms with Crippen LogP contribution in [0.4, 0.5) is 0 Å². The zero-order chi connectivity index (χ0) is 11.0. The van der Waals surface area contributed by atoms with Gasteiger partial charge in [0.25, 0.3) is 0 Å². The van der Waals surface area contributed by atoms with Gasteiger partial charge in [0.05, 0.1) is 6.54 Å².